The van der Waals surface area contributed by atoms with Crippen LogP contribution in [0.25, 0.3) is 0 Å². The predicted molar refractivity (Wildman–Crippen MR) is 88.5 cm³/mol. The van der Waals surface area contributed by atoms with E-state index in [1.54, 1.807) is 12.2 Å². The van der Waals surface area contributed by atoms with E-state index < -0.39 is 51.9 Å². The maximum Gasteiger partial charge on any atom is 0.310 e. The lowest BCUT2D eigenvalue weighted by Crippen LogP contribution is -2.39. The third-order valence-corrected chi connectivity index (χ3v) is 5.65. The number of carboxylic acid groups (broad SMARTS) is 1. The van der Waals surface area contributed by atoms with E-state index in [-0.39, 0.29) is 4.90 Å². The first kappa shape index (κ1) is 18.1. The minimum Gasteiger partial charge on any atom is -0.481 e. The zero-order valence-electron chi connectivity index (χ0n) is 13.6. The Morgan fingerprint density at radius 3 is 2.15 bits per heavy atom. The predicted octanol–water partition coefficient (Wildman–Crippen LogP) is 0.104. The van der Waals surface area contributed by atoms with Crippen molar-refractivity contribution < 1.29 is 32.6 Å². The second-order valence-electron chi connectivity index (χ2n) is 6.02. The van der Waals surface area contributed by atoms with Gasteiger partial charge in [-0.15, -0.1) is 0 Å². The number of fused-ring (bicyclic) bond motifs is 2. The molecule has 4 atom stereocenters. The number of nitrogens with one attached hydrogen (secondary N) is 2. The van der Waals surface area contributed by atoms with Gasteiger partial charge in [-0.1, -0.05) is 12.2 Å². The molecule has 0 saturated carbocycles. The van der Waals surface area contributed by atoms with Crippen molar-refractivity contribution in [2.24, 2.45) is 11.8 Å². The average molecular weight is 380 g/mol. The summed E-state index contributed by atoms with van der Waals surface area (Å²) in [6, 6.07) is 5.16. The fraction of sp³-hybridized carbons (Fsp3) is 0.312. The van der Waals surface area contributed by atoms with E-state index in [0.29, 0.717) is 5.69 Å². The molecule has 0 spiro atoms. The summed E-state index contributed by atoms with van der Waals surface area (Å²) in [5, 5.41) is 11.9. The van der Waals surface area contributed by atoms with E-state index in [0.717, 1.165) is 6.92 Å². The molecule has 9 nitrogen and oxygen atoms in total. The monoisotopic (exact) mass is 380 g/mol. The van der Waals surface area contributed by atoms with Crippen LogP contribution in [-0.4, -0.2) is 43.5 Å². The molecule has 0 unspecified atom stereocenters. The van der Waals surface area contributed by atoms with E-state index in [2.05, 4.69) is 5.32 Å². The van der Waals surface area contributed by atoms with Gasteiger partial charge in [-0.2, -0.15) is 0 Å². The normalized spacial score (nSPS) is 26.5. The molecule has 26 heavy (non-hydrogen) atoms. The van der Waals surface area contributed by atoms with Gasteiger partial charge >= 0.3 is 5.97 Å². The van der Waals surface area contributed by atoms with Crippen molar-refractivity contribution >= 4 is 33.5 Å². The van der Waals surface area contributed by atoms with Crippen molar-refractivity contribution in [3.05, 3.63) is 36.4 Å². The van der Waals surface area contributed by atoms with Gasteiger partial charge in [0.2, 0.25) is 11.8 Å². The van der Waals surface area contributed by atoms with Crippen LogP contribution < -0.4 is 10.0 Å². The van der Waals surface area contributed by atoms with Crippen LogP contribution in [0.4, 0.5) is 5.69 Å². The van der Waals surface area contributed by atoms with Gasteiger partial charge < -0.3 is 15.2 Å². The van der Waals surface area contributed by atoms with E-state index in [1.165, 1.54) is 24.3 Å². The van der Waals surface area contributed by atoms with Gasteiger partial charge in [0.25, 0.3) is 10.0 Å². The molecular formula is C16H16N2O7S. The molecule has 1 fully saturated rings. The number of anilines is 1. The summed E-state index contributed by atoms with van der Waals surface area (Å²) in [7, 11) is -3.97. The second kappa shape index (κ2) is 6.54. The first-order valence-corrected chi connectivity index (χ1v) is 9.18. The molecule has 2 aliphatic rings. The molecule has 10 heteroatoms. The molecular weight excluding hydrogens is 364 g/mol. The highest BCUT2D eigenvalue weighted by atomic mass is 32.2. The van der Waals surface area contributed by atoms with Crippen LogP contribution in [0, 0.1) is 11.8 Å². The topological polar surface area (TPSA) is 139 Å². The standard InChI is InChI=1S/C16H16N2O7S/c1-8(19)18-26(23,24)10-4-2-9(3-5-10)17-15(20)13-11-6-7-12(25-11)14(13)16(21)22/h2-7,11-14H,1H3,(H,17,20)(H,18,19)(H,21,22)/t11-,12+,13-,14-/m0/s1. The molecule has 2 aliphatic heterocycles. The zero-order valence-corrected chi connectivity index (χ0v) is 14.4. The molecule has 2 amide bonds. The maximum atomic E-state index is 12.5. The molecule has 0 radical (unpaired) electrons. The lowest BCUT2D eigenvalue weighted by Gasteiger charge is -2.21. The fourth-order valence-corrected chi connectivity index (χ4v) is 4.10. The van der Waals surface area contributed by atoms with Crippen LogP contribution in [0.2, 0.25) is 0 Å². The number of carbonyl (C=O) groups is 3. The Bertz CT molecular complexity index is 892. The molecule has 0 aromatic heterocycles. The molecule has 138 valence electrons. The van der Waals surface area contributed by atoms with Crippen molar-refractivity contribution in [2.45, 2.75) is 24.0 Å². The molecule has 1 saturated heterocycles. The Hall–Kier alpha value is -2.72. The van der Waals surface area contributed by atoms with Crippen LogP contribution in [0.3, 0.4) is 0 Å². The molecule has 2 heterocycles. The smallest absolute Gasteiger partial charge is 0.310 e. The molecule has 3 rings (SSSR count). The van der Waals surface area contributed by atoms with E-state index in [4.69, 9.17) is 4.74 Å². The minimum absolute atomic E-state index is 0.139. The third-order valence-electron chi connectivity index (χ3n) is 4.20. The summed E-state index contributed by atoms with van der Waals surface area (Å²) in [5.41, 5.74) is 0.299. The molecule has 1 aromatic carbocycles. The van der Waals surface area contributed by atoms with E-state index >= 15 is 0 Å². The Morgan fingerprint density at radius 1 is 1.04 bits per heavy atom. The van der Waals surface area contributed by atoms with Crippen molar-refractivity contribution in [3.8, 4) is 0 Å². The summed E-state index contributed by atoms with van der Waals surface area (Å²) in [4.78, 5) is 34.7. The largest absolute Gasteiger partial charge is 0.481 e. The number of rotatable bonds is 5. The zero-order chi connectivity index (χ0) is 19.1. The van der Waals surface area contributed by atoms with Gasteiger partial charge in [0.1, 0.15) is 5.92 Å². The first-order valence-electron chi connectivity index (χ1n) is 7.70. The number of ether oxygens (including phenoxy) is 1. The highest BCUT2D eigenvalue weighted by Crippen LogP contribution is 2.39. The summed E-state index contributed by atoms with van der Waals surface area (Å²) < 4.78 is 31.0. The van der Waals surface area contributed by atoms with Gasteiger partial charge in [-0.05, 0) is 24.3 Å². The number of carboxylic acids is 1. The van der Waals surface area contributed by atoms with E-state index in [1.807, 2.05) is 4.72 Å². The lowest BCUT2D eigenvalue weighted by molar-refractivity contribution is -0.145. The van der Waals surface area contributed by atoms with Crippen molar-refractivity contribution in [3.63, 3.8) is 0 Å². The van der Waals surface area contributed by atoms with Crippen LogP contribution in [0.5, 0.6) is 0 Å². The SMILES string of the molecule is CC(=O)NS(=O)(=O)c1ccc(NC(=O)[C@@H]2[C@@H](C(=O)O)[C@H]3C=C[C@@H]2O3)cc1. The number of amides is 2. The number of hydrogen-bond acceptors (Lipinski definition) is 6. The summed E-state index contributed by atoms with van der Waals surface area (Å²) in [6.07, 6.45) is 2.07. The first-order chi connectivity index (χ1) is 12.2. The number of carbonyl (C=O) groups excluding carboxylic acids is 2. The molecule has 0 aliphatic carbocycles. The van der Waals surface area contributed by atoms with Crippen molar-refractivity contribution in [2.75, 3.05) is 5.32 Å². The maximum absolute atomic E-state index is 12.5. The number of benzene rings is 1. The van der Waals surface area contributed by atoms with Crippen LogP contribution >= 0.6 is 0 Å². The van der Waals surface area contributed by atoms with E-state index in [9.17, 15) is 27.9 Å². The van der Waals surface area contributed by atoms with Crippen molar-refractivity contribution in [1.82, 2.24) is 4.72 Å². The number of hydrogen-bond donors (Lipinski definition) is 3. The van der Waals surface area contributed by atoms with Gasteiger partial charge in [-0.3, -0.25) is 14.4 Å². The molecule has 1 aromatic rings. The molecule has 2 bridgehead atoms. The molecule has 3 N–H and O–H groups in total. The highest BCUT2D eigenvalue weighted by Gasteiger charge is 2.53. The van der Waals surface area contributed by atoms with Crippen LogP contribution in [0.1, 0.15) is 6.92 Å². The summed E-state index contributed by atoms with van der Waals surface area (Å²) in [5.74, 6) is -4.19. The number of aliphatic carboxylic acids is 1. The Labute approximate surface area is 149 Å². The van der Waals surface area contributed by atoms with Crippen LogP contribution in [-0.2, 0) is 29.1 Å². The fourth-order valence-electron chi connectivity index (χ4n) is 3.11. The quantitative estimate of drug-likeness (QED) is 0.616. The van der Waals surface area contributed by atoms with Gasteiger partial charge in [0.05, 0.1) is 23.0 Å². The second-order valence-corrected chi connectivity index (χ2v) is 7.70. The van der Waals surface area contributed by atoms with Gasteiger partial charge in [0.15, 0.2) is 0 Å². The Balaban J connectivity index is 1.73. The summed E-state index contributed by atoms with van der Waals surface area (Å²) >= 11 is 0. The Kier molecular flexibility index (Phi) is 4.55. The number of sulfonamides is 1. The van der Waals surface area contributed by atoms with Gasteiger partial charge in [-0.25, -0.2) is 13.1 Å². The Morgan fingerprint density at radius 2 is 1.62 bits per heavy atom. The van der Waals surface area contributed by atoms with Crippen molar-refractivity contribution in [1.29, 1.82) is 0 Å². The van der Waals surface area contributed by atoms with Gasteiger partial charge in [0, 0.05) is 12.6 Å². The lowest BCUT2D eigenvalue weighted by atomic mass is 9.82. The van der Waals surface area contributed by atoms with Crippen LogP contribution in [0.15, 0.2) is 41.3 Å². The summed E-state index contributed by atoms with van der Waals surface area (Å²) in [6.45, 7) is 1.08. The average Bonchev–Trinajstić information content (AvgIpc) is 3.15. The minimum atomic E-state index is -3.97. The highest BCUT2D eigenvalue weighted by molar-refractivity contribution is 7.90. The third kappa shape index (κ3) is 3.33.